The molecule has 1 fully saturated rings. The van der Waals surface area contributed by atoms with Gasteiger partial charge in [0.25, 0.3) is 5.91 Å². The summed E-state index contributed by atoms with van der Waals surface area (Å²) in [5.41, 5.74) is 0.632. The Labute approximate surface area is 137 Å². The molecule has 0 radical (unpaired) electrons. The highest BCUT2D eigenvalue weighted by atomic mass is 35.5. The Morgan fingerprint density at radius 3 is 2.76 bits per heavy atom. The average Bonchev–Trinajstić information content (AvgIpc) is 2.46. The molecule has 0 aromatic heterocycles. The van der Waals surface area contributed by atoms with Crippen LogP contribution in [-0.4, -0.2) is 39.3 Å². The van der Waals surface area contributed by atoms with Gasteiger partial charge in [0.2, 0.25) is 0 Å². The van der Waals surface area contributed by atoms with Crippen molar-refractivity contribution in [2.24, 2.45) is 5.41 Å². The van der Waals surface area contributed by atoms with Crippen molar-refractivity contribution in [3.8, 4) is 0 Å². The number of nitrogens with one attached hydrogen (secondary N) is 2. The van der Waals surface area contributed by atoms with E-state index in [0.29, 0.717) is 23.7 Å². The molecule has 1 amide bonds. The fourth-order valence-electron chi connectivity index (χ4n) is 2.63. The minimum absolute atomic E-state index is 0. The van der Waals surface area contributed by atoms with Crippen LogP contribution in [-0.2, 0) is 4.74 Å². The number of carbonyl (C=O) groups is 1. The van der Waals surface area contributed by atoms with E-state index in [1.807, 2.05) is 0 Å². The van der Waals surface area contributed by atoms with Crippen molar-refractivity contribution in [2.75, 3.05) is 33.4 Å². The van der Waals surface area contributed by atoms with E-state index in [2.05, 4.69) is 10.6 Å². The lowest BCUT2D eigenvalue weighted by molar-refractivity contribution is 0.0512. The smallest absolute Gasteiger partial charge is 0.251 e. The van der Waals surface area contributed by atoms with Crippen LogP contribution in [0.3, 0.4) is 0 Å². The molecule has 2 N–H and O–H groups in total. The quantitative estimate of drug-likeness (QED) is 0.871. The second-order valence-corrected chi connectivity index (χ2v) is 5.81. The molecule has 1 saturated heterocycles. The van der Waals surface area contributed by atoms with Gasteiger partial charge >= 0.3 is 0 Å². The second-order valence-electron chi connectivity index (χ2n) is 5.38. The Bertz CT molecular complexity index is 457. The van der Waals surface area contributed by atoms with E-state index < -0.39 is 0 Å². The molecule has 0 spiro atoms. The molecule has 0 unspecified atom stereocenters. The van der Waals surface area contributed by atoms with Crippen LogP contribution in [0.4, 0.5) is 0 Å². The molecule has 2 rings (SSSR count). The summed E-state index contributed by atoms with van der Waals surface area (Å²) in [6.07, 6.45) is 2.02. The summed E-state index contributed by atoms with van der Waals surface area (Å²) >= 11 is 5.91. The number of amides is 1. The predicted octanol–water partition coefficient (Wildman–Crippen LogP) is 2.51. The van der Waals surface area contributed by atoms with Crippen molar-refractivity contribution < 1.29 is 9.53 Å². The van der Waals surface area contributed by atoms with Crippen molar-refractivity contribution in [3.63, 3.8) is 0 Å². The molecular formula is C15H22Cl2N2O2. The number of hydrogen-bond donors (Lipinski definition) is 2. The molecule has 0 atom stereocenters. The van der Waals surface area contributed by atoms with Gasteiger partial charge < -0.3 is 15.4 Å². The molecule has 1 aliphatic heterocycles. The minimum atomic E-state index is -0.0819. The van der Waals surface area contributed by atoms with E-state index in [4.69, 9.17) is 16.3 Å². The standard InChI is InChI=1S/C15H21ClN2O2.ClH/c1-20-11-15(5-7-17-8-6-15)10-18-14(19)12-3-2-4-13(16)9-12;/h2-4,9,17H,5-8,10-11H2,1H3,(H,18,19);1H. The van der Waals surface area contributed by atoms with Crippen molar-refractivity contribution in [1.29, 1.82) is 0 Å². The third-order valence-electron chi connectivity index (χ3n) is 3.83. The summed E-state index contributed by atoms with van der Waals surface area (Å²) in [6, 6.07) is 7.00. The molecule has 1 aromatic rings. The average molecular weight is 333 g/mol. The fourth-order valence-corrected chi connectivity index (χ4v) is 2.83. The summed E-state index contributed by atoms with van der Waals surface area (Å²) in [5, 5.41) is 6.93. The van der Waals surface area contributed by atoms with Crippen LogP contribution >= 0.6 is 24.0 Å². The molecule has 118 valence electrons. The lowest BCUT2D eigenvalue weighted by Crippen LogP contribution is -2.47. The maximum absolute atomic E-state index is 12.2. The van der Waals surface area contributed by atoms with Crippen LogP contribution in [0.2, 0.25) is 5.02 Å². The maximum atomic E-state index is 12.2. The second kappa shape index (κ2) is 8.59. The largest absolute Gasteiger partial charge is 0.384 e. The molecule has 0 saturated carbocycles. The van der Waals surface area contributed by atoms with Crippen LogP contribution < -0.4 is 10.6 Å². The highest BCUT2D eigenvalue weighted by Gasteiger charge is 2.32. The summed E-state index contributed by atoms with van der Waals surface area (Å²) in [5.74, 6) is -0.0819. The monoisotopic (exact) mass is 332 g/mol. The first-order valence-electron chi connectivity index (χ1n) is 6.89. The van der Waals surface area contributed by atoms with Crippen LogP contribution in [0.25, 0.3) is 0 Å². The zero-order chi connectivity index (χ0) is 14.4. The maximum Gasteiger partial charge on any atom is 0.251 e. The first-order chi connectivity index (χ1) is 9.65. The number of benzene rings is 1. The Hall–Kier alpha value is -0.810. The number of carbonyl (C=O) groups excluding carboxylic acids is 1. The van der Waals surface area contributed by atoms with E-state index >= 15 is 0 Å². The van der Waals surface area contributed by atoms with Crippen LogP contribution in [0.5, 0.6) is 0 Å². The molecule has 1 heterocycles. The molecule has 21 heavy (non-hydrogen) atoms. The van der Waals surface area contributed by atoms with Gasteiger partial charge in [0.05, 0.1) is 6.61 Å². The van der Waals surface area contributed by atoms with Crippen molar-refractivity contribution in [3.05, 3.63) is 34.9 Å². The highest BCUT2D eigenvalue weighted by molar-refractivity contribution is 6.30. The molecular weight excluding hydrogens is 311 g/mol. The molecule has 1 aliphatic rings. The fraction of sp³-hybridized carbons (Fsp3) is 0.533. The van der Waals surface area contributed by atoms with Gasteiger partial charge in [0.15, 0.2) is 0 Å². The predicted molar refractivity (Wildman–Crippen MR) is 87.4 cm³/mol. The number of piperidine rings is 1. The lowest BCUT2D eigenvalue weighted by atomic mass is 9.79. The molecule has 6 heteroatoms. The van der Waals surface area contributed by atoms with E-state index in [9.17, 15) is 4.79 Å². The van der Waals surface area contributed by atoms with Gasteiger partial charge in [-0.25, -0.2) is 0 Å². The third-order valence-corrected chi connectivity index (χ3v) is 4.06. The van der Waals surface area contributed by atoms with Gasteiger partial charge in [-0.05, 0) is 44.1 Å². The number of ether oxygens (including phenoxy) is 1. The van der Waals surface area contributed by atoms with Crippen LogP contribution in [0, 0.1) is 5.41 Å². The number of halogens is 2. The zero-order valence-electron chi connectivity index (χ0n) is 12.2. The van der Waals surface area contributed by atoms with Crippen molar-refractivity contribution >= 4 is 29.9 Å². The zero-order valence-corrected chi connectivity index (χ0v) is 13.7. The molecule has 0 bridgehead atoms. The van der Waals surface area contributed by atoms with Crippen LogP contribution in [0.15, 0.2) is 24.3 Å². The number of rotatable bonds is 5. The van der Waals surface area contributed by atoms with Gasteiger partial charge in [0.1, 0.15) is 0 Å². The van der Waals surface area contributed by atoms with Crippen LogP contribution in [0.1, 0.15) is 23.2 Å². The first kappa shape index (κ1) is 18.2. The number of methoxy groups -OCH3 is 1. The van der Waals surface area contributed by atoms with E-state index in [-0.39, 0.29) is 23.7 Å². The van der Waals surface area contributed by atoms with Crippen molar-refractivity contribution in [1.82, 2.24) is 10.6 Å². The van der Waals surface area contributed by atoms with Gasteiger partial charge in [-0.15, -0.1) is 12.4 Å². The normalized spacial score (nSPS) is 16.9. The number of hydrogen-bond acceptors (Lipinski definition) is 3. The molecule has 4 nitrogen and oxygen atoms in total. The summed E-state index contributed by atoms with van der Waals surface area (Å²) in [7, 11) is 1.71. The van der Waals surface area contributed by atoms with E-state index in [1.54, 1.807) is 31.4 Å². The van der Waals surface area contributed by atoms with Gasteiger partial charge in [0, 0.05) is 29.7 Å². The molecule has 1 aromatic carbocycles. The summed E-state index contributed by atoms with van der Waals surface area (Å²) in [4.78, 5) is 12.2. The van der Waals surface area contributed by atoms with Gasteiger partial charge in [-0.3, -0.25) is 4.79 Å². The summed E-state index contributed by atoms with van der Waals surface area (Å²) < 4.78 is 5.34. The Kier molecular flexibility index (Phi) is 7.46. The Balaban J connectivity index is 0.00000220. The topological polar surface area (TPSA) is 50.4 Å². The highest BCUT2D eigenvalue weighted by Crippen LogP contribution is 2.28. The third kappa shape index (κ3) is 5.15. The van der Waals surface area contributed by atoms with Crippen molar-refractivity contribution in [2.45, 2.75) is 12.8 Å². The van der Waals surface area contributed by atoms with E-state index in [0.717, 1.165) is 25.9 Å². The van der Waals surface area contributed by atoms with Gasteiger partial charge in [-0.1, -0.05) is 17.7 Å². The first-order valence-corrected chi connectivity index (χ1v) is 7.26. The minimum Gasteiger partial charge on any atom is -0.384 e. The van der Waals surface area contributed by atoms with E-state index in [1.165, 1.54) is 0 Å². The Morgan fingerprint density at radius 2 is 2.14 bits per heavy atom. The lowest BCUT2D eigenvalue weighted by Gasteiger charge is -2.37. The van der Waals surface area contributed by atoms with Gasteiger partial charge in [-0.2, -0.15) is 0 Å². The molecule has 0 aliphatic carbocycles. The SMILES string of the molecule is COCC1(CNC(=O)c2cccc(Cl)c2)CCNCC1.Cl. The summed E-state index contributed by atoms with van der Waals surface area (Å²) in [6.45, 7) is 3.24. The Morgan fingerprint density at radius 1 is 1.43 bits per heavy atom.